The Balaban J connectivity index is 2.74. The molecule has 2 rings (SSSR count). The number of carbonyl (C=O) groups excluding carboxylic acids is 1. The summed E-state index contributed by atoms with van der Waals surface area (Å²) < 4.78 is 22.5. The standard InChI is InChI=1S/C13H10FN3O5/c1-21-11-9(12-15-5-8(14)6-16-12)3-7(13(18)22-2)4-10(11)17(19)20/h3-6H,1-2H3. The van der Waals surface area contributed by atoms with E-state index < -0.39 is 22.4 Å². The average Bonchev–Trinajstić information content (AvgIpc) is 2.53. The molecular formula is C13H10FN3O5. The number of hydrogen-bond acceptors (Lipinski definition) is 7. The molecule has 0 aliphatic carbocycles. The normalized spacial score (nSPS) is 10.1. The molecule has 0 aliphatic rings. The Hall–Kier alpha value is -3.10. The zero-order valence-electron chi connectivity index (χ0n) is 11.6. The van der Waals surface area contributed by atoms with Gasteiger partial charge in [-0.15, -0.1) is 0 Å². The molecule has 1 heterocycles. The molecule has 0 aliphatic heterocycles. The molecule has 8 nitrogen and oxygen atoms in total. The first-order valence-electron chi connectivity index (χ1n) is 5.90. The van der Waals surface area contributed by atoms with E-state index >= 15 is 0 Å². The Morgan fingerprint density at radius 2 is 1.91 bits per heavy atom. The Bertz CT molecular complexity index is 733. The second kappa shape index (κ2) is 6.12. The zero-order chi connectivity index (χ0) is 16.3. The first-order chi connectivity index (χ1) is 10.5. The van der Waals surface area contributed by atoms with Gasteiger partial charge >= 0.3 is 11.7 Å². The van der Waals surface area contributed by atoms with Gasteiger partial charge in [0.2, 0.25) is 5.75 Å². The van der Waals surface area contributed by atoms with Crippen molar-refractivity contribution in [3.8, 4) is 17.1 Å². The van der Waals surface area contributed by atoms with Crippen LogP contribution in [0.5, 0.6) is 5.75 Å². The van der Waals surface area contributed by atoms with Crippen LogP contribution in [0.1, 0.15) is 10.4 Å². The van der Waals surface area contributed by atoms with Crippen LogP contribution < -0.4 is 4.74 Å². The maximum atomic E-state index is 12.9. The van der Waals surface area contributed by atoms with Crippen LogP contribution in [-0.4, -0.2) is 35.1 Å². The summed E-state index contributed by atoms with van der Waals surface area (Å²) in [6.07, 6.45) is 1.80. The van der Waals surface area contributed by atoms with E-state index in [4.69, 9.17) is 4.74 Å². The third-order valence-electron chi connectivity index (χ3n) is 2.75. The molecule has 0 unspecified atom stereocenters. The van der Waals surface area contributed by atoms with E-state index in [1.165, 1.54) is 13.2 Å². The van der Waals surface area contributed by atoms with Crippen molar-refractivity contribution in [2.75, 3.05) is 14.2 Å². The number of esters is 1. The molecular weight excluding hydrogens is 297 g/mol. The van der Waals surface area contributed by atoms with E-state index in [2.05, 4.69) is 14.7 Å². The third-order valence-corrected chi connectivity index (χ3v) is 2.75. The number of halogens is 1. The van der Waals surface area contributed by atoms with Crippen LogP contribution in [0.4, 0.5) is 10.1 Å². The van der Waals surface area contributed by atoms with Gasteiger partial charge in [0.15, 0.2) is 11.6 Å². The summed E-state index contributed by atoms with van der Waals surface area (Å²) in [5, 5.41) is 11.2. The molecule has 0 radical (unpaired) electrons. The fourth-order valence-corrected chi connectivity index (χ4v) is 1.82. The molecule has 1 aromatic carbocycles. The van der Waals surface area contributed by atoms with E-state index in [0.29, 0.717) is 0 Å². The van der Waals surface area contributed by atoms with Crippen LogP contribution >= 0.6 is 0 Å². The molecule has 2 aromatic rings. The van der Waals surface area contributed by atoms with Crippen LogP contribution in [0, 0.1) is 15.9 Å². The van der Waals surface area contributed by atoms with Gasteiger partial charge in [0.05, 0.1) is 42.7 Å². The minimum atomic E-state index is -0.769. The average molecular weight is 307 g/mol. The van der Waals surface area contributed by atoms with Gasteiger partial charge in [-0.3, -0.25) is 10.1 Å². The quantitative estimate of drug-likeness (QED) is 0.483. The highest BCUT2D eigenvalue weighted by atomic mass is 19.1. The first kappa shape index (κ1) is 15.3. The van der Waals surface area contributed by atoms with Gasteiger partial charge in [-0.25, -0.2) is 19.2 Å². The summed E-state index contributed by atoms with van der Waals surface area (Å²) in [6.45, 7) is 0. The number of nitrogens with zero attached hydrogens (tertiary/aromatic N) is 3. The van der Waals surface area contributed by atoms with E-state index in [1.807, 2.05) is 0 Å². The van der Waals surface area contributed by atoms with Gasteiger partial charge in [-0.1, -0.05) is 0 Å². The number of methoxy groups -OCH3 is 2. The minimum absolute atomic E-state index is 0.0212. The highest BCUT2D eigenvalue weighted by Gasteiger charge is 2.25. The van der Waals surface area contributed by atoms with Gasteiger partial charge in [0.1, 0.15) is 0 Å². The molecule has 0 saturated carbocycles. The lowest BCUT2D eigenvalue weighted by Gasteiger charge is -2.10. The maximum absolute atomic E-state index is 12.9. The number of carbonyl (C=O) groups is 1. The third kappa shape index (κ3) is 2.82. The van der Waals surface area contributed by atoms with Gasteiger partial charge < -0.3 is 9.47 Å². The number of rotatable bonds is 4. The highest BCUT2D eigenvalue weighted by Crippen LogP contribution is 2.37. The molecule has 9 heteroatoms. The SMILES string of the molecule is COC(=O)c1cc(-c2ncc(F)cn2)c(OC)c([N+](=O)[O-])c1. The number of nitro groups is 1. The molecule has 114 valence electrons. The monoisotopic (exact) mass is 307 g/mol. The largest absolute Gasteiger partial charge is 0.490 e. The predicted molar refractivity (Wildman–Crippen MR) is 72.0 cm³/mol. The topological polar surface area (TPSA) is 104 Å². The Morgan fingerprint density at radius 1 is 1.27 bits per heavy atom. The lowest BCUT2D eigenvalue weighted by molar-refractivity contribution is -0.385. The number of benzene rings is 1. The van der Waals surface area contributed by atoms with Crippen molar-refractivity contribution in [3.63, 3.8) is 0 Å². The number of hydrogen-bond donors (Lipinski definition) is 0. The summed E-state index contributed by atoms with van der Waals surface area (Å²) >= 11 is 0. The van der Waals surface area contributed by atoms with E-state index in [1.54, 1.807) is 0 Å². The summed E-state index contributed by atoms with van der Waals surface area (Å²) in [4.78, 5) is 29.6. The molecule has 0 amide bonds. The van der Waals surface area contributed by atoms with Crippen LogP contribution in [0.25, 0.3) is 11.4 Å². The van der Waals surface area contributed by atoms with E-state index in [-0.39, 0.29) is 22.7 Å². The predicted octanol–water partition coefficient (Wildman–Crippen LogP) is 1.99. The molecule has 0 bridgehead atoms. The number of nitro benzene ring substituents is 1. The summed E-state index contributed by atoms with van der Waals surface area (Å²) in [5.41, 5.74) is -0.441. The van der Waals surface area contributed by atoms with E-state index in [0.717, 1.165) is 25.6 Å². The Morgan fingerprint density at radius 3 is 2.41 bits per heavy atom. The molecule has 0 spiro atoms. The second-order valence-electron chi connectivity index (χ2n) is 4.05. The summed E-state index contributed by atoms with van der Waals surface area (Å²) in [5.74, 6) is -1.59. The van der Waals surface area contributed by atoms with Gasteiger partial charge in [0, 0.05) is 6.07 Å². The van der Waals surface area contributed by atoms with Crippen LogP contribution in [0.3, 0.4) is 0 Å². The molecule has 1 aromatic heterocycles. The summed E-state index contributed by atoms with van der Waals surface area (Å²) in [7, 11) is 2.37. The first-order valence-corrected chi connectivity index (χ1v) is 5.90. The molecule has 0 saturated heterocycles. The maximum Gasteiger partial charge on any atom is 0.338 e. The second-order valence-corrected chi connectivity index (χ2v) is 4.05. The van der Waals surface area contributed by atoms with Crippen molar-refractivity contribution in [1.82, 2.24) is 9.97 Å². The van der Waals surface area contributed by atoms with Crippen molar-refractivity contribution >= 4 is 11.7 Å². The van der Waals surface area contributed by atoms with Crippen LogP contribution in [0.15, 0.2) is 24.5 Å². The zero-order valence-corrected chi connectivity index (χ0v) is 11.6. The molecule has 22 heavy (non-hydrogen) atoms. The number of ether oxygens (including phenoxy) is 2. The van der Waals surface area contributed by atoms with Crippen LogP contribution in [-0.2, 0) is 4.74 Å². The van der Waals surface area contributed by atoms with Gasteiger partial charge in [-0.2, -0.15) is 0 Å². The van der Waals surface area contributed by atoms with Gasteiger partial charge in [0.25, 0.3) is 0 Å². The fourth-order valence-electron chi connectivity index (χ4n) is 1.82. The van der Waals surface area contributed by atoms with Crippen molar-refractivity contribution in [3.05, 3.63) is 46.0 Å². The van der Waals surface area contributed by atoms with Crippen molar-refractivity contribution in [2.24, 2.45) is 0 Å². The lowest BCUT2D eigenvalue weighted by Crippen LogP contribution is -2.05. The summed E-state index contributed by atoms with van der Waals surface area (Å²) in [6, 6.07) is 2.31. The molecule has 0 atom stereocenters. The highest BCUT2D eigenvalue weighted by molar-refractivity contribution is 5.93. The van der Waals surface area contributed by atoms with Crippen LogP contribution in [0.2, 0.25) is 0 Å². The van der Waals surface area contributed by atoms with Gasteiger partial charge in [-0.05, 0) is 6.07 Å². The smallest absolute Gasteiger partial charge is 0.338 e. The van der Waals surface area contributed by atoms with E-state index in [9.17, 15) is 19.3 Å². The fraction of sp³-hybridized carbons (Fsp3) is 0.154. The molecule has 0 fully saturated rings. The number of aromatic nitrogens is 2. The van der Waals surface area contributed by atoms with Crippen molar-refractivity contribution in [2.45, 2.75) is 0 Å². The Labute approximate surface area is 123 Å². The van der Waals surface area contributed by atoms with Crippen molar-refractivity contribution in [1.29, 1.82) is 0 Å². The van der Waals surface area contributed by atoms with Crippen molar-refractivity contribution < 1.29 is 23.6 Å². The minimum Gasteiger partial charge on any atom is -0.490 e. The molecule has 0 N–H and O–H groups in total. The Kier molecular flexibility index (Phi) is 4.25. The lowest BCUT2D eigenvalue weighted by atomic mass is 10.1.